The van der Waals surface area contributed by atoms with E-state index in [4.69, 9.17) is 4.74 Å². The maximum atomic E-state index is 12.8. The number of aliphatic hydroxyl groups excluding tert-OH is 1. The van der Waals surface area contributed by atoms with Gasteiger partial charge in [0, 0.05) is 12.3 Å². The molecule has 0 bridgehead atoms. The number of ether oxygens (including phenoxy) is 1. The van der Waals surface area contributed by atoms with Crippen molar-refractivity contribution in [3.05, 3.63) is 59.9 Å². The summed E-state index contributed by atoms with van der Waals surface area (Å²) in [5.41, 5.74) is 0.788. The fraction of sp³-hybridized carbons (Fsp3) is 0.476. The zero-order valence-electron chi connectivity index (χ0n) is 14.2. The lowest BCUT2D eigenvalue weighted by atomic mass is 9.79. The summed E-state index contributed by atoms with van der Waals surface area (Å²) < 4.78 is 5.93. The quantitative estimate of drug-likeness (QED) is 0.613. The maximum Gasteiger partial charge on any atom is 0.338 e. The second kappa shape index (κ2) is 7.25. The number of rotatable bonds is 3. The molecular formula is C21H26O3. The van der Waals surface area contributed by atoms with Gasteiger partial charge in [-0.3, -0.25) is 0 Å². The van der Waals surface area contributed by atoms with Crippen molar-refractivity contribution in [1.29, 1.82) is 0 Å². The highest BCUT2D eigenvalue weighted by atomic mass is 16.6. The van der Waals surface area contributed by atoms with Gasteiger partial charge in [-0.25, -0.2) is 4.79 Å². The average Bonchev–Trinajstić information content (AvgIpc) is 2.56. The summed E-state index contributed by atoms with van der Waals surface area (Å²) >= 11 is 0. The van der Waals surface area contributed by atoms with Crippen LogP contribution in [0.2, 0.25) is 0 Å². The number of hydrogen-bond donors (Lipinski definition) is 1. The van der Waals surface area contributed by atoms with Crippen molar-refractivity contribution < 1.29 is 14.6 Å². The Labute approximate surface area is 144 Å². The molecule has 2 aliphatic rings. The summed E-state index contributed by atoms with van der Waals surface area (Å²) in [4.78, 5) is 12.8. The van der Waals surface area contributed by atoms with Gasteiger partial charge in [-0.05, 0) is 31.2 Å². The van der Waals surface area contributed by atoms with Crippen molar-refractivity contribution in [3.8, 4) is 0 Å². The highest BCUT2D eigenvalue weighted by Crippen LogP contribution is 2.42. The molecule has 1 saturated carbocycles. The van der Waals surface area contributed by atoms with Gasteiger partial charge in [-0.1, -0.05) is 55.7 Å². The molecule has 3 nitrogen and oxygen atoms in total. The van der Waals surface area contributed by atoms with E-state index in [-0.39, 0.29) is 17.6 Å². The van der Waals surface area contributed by atoms with E-state index >= 15 is 0 Å². The van der Waals surface area contributed by atoms with Gasteiger partial charge >= 0.3 is 5.97 Å². The maximum absolute atomic E-state index is 12.8. The fourth-order valence-corrected chi connectivity index (χ4v) is 4.02. The van der Waals surface area contributed by atoms with E-state index in [9.17, 15) is 9.90 Å². The smallest absolute Gasteiger partial charge is 0.338 e. The van der Waals surface area contributed by atoms with Crippen molar-refractivity contribution in [2.24, 2.45) is 0 Å². The first-order valence-electron chi connectivity index (χ1n) is 8.98. The fourth-order valence-electron chi connectivity index (χ4n) is 4.02. The van der Waals surface area contributed by atoms with E-state index < -0.39 is 5.60 Å². The van der Waals surface area contributed by atoms with Gasteiger partial charge in [0.2, 0.25) is 0 Å². The first-order chi connectivity index (χ1) is 11.7. The van der Waals surface area contributed by atoms with Crippen LogP contribution in [0, 0.1) is 0 Å². The van der Waals surface area contributed by atoms with Gasteiger partial charge in [-0.2, -0.15) is 0 Å². The first-order valence-corrected chi connectivity index (χ1v) is 8.98. The average molecular weight is 326 g/mol. The Morgan fingerprint density at radius 1 is 1.08 bits per heavy atom. The number of aliphatic hydroxyl groups is 1. The Morgan fingerprint density at radius 3 is 2.29 bits per heavy atom. The van der Waals surface area contributed by atoms with E-state index in [0.29, 0.717) is 12.0 Å². The third kappa shape index (κ3) is 3.40. The van der Waals surface area contributed by atoms with Gasteiger partial charge in [0.1, 0.15) is 11.4 Å². The SMILES string of the molecule is C=CC(C1=C(O)CC2(CCCCCCC2)OC1=O)c1ccccc1. The zero-order valence-corrected chi connectivity index (χ0v) is 14.2. The molecule has 1 unspecified atom stereocenters. The molecule has 1 N–H and O–H groups in total. The largest absolute Gasteiger partial charge is 0.512 e. The van der Waals surface area contributed by atoms with Crippen LogP contribution in [0.15, 0.2) is 54.3 Å². The predicted molar refractivity (Wildman–Crippen MR) is 94.8 cm³/mol. The monoisotopic (exact) mass is 326 g/mol. The van der Waals surface area contributed by atoms with Gasteiger partial charge in [0.25, 0.3) is 0 Å². The molecule has 1 aromatic carbocycles. The number of carbonyl (C=O) groups is 1. The van der Waals surface area contributed by atoms with Gasteiger partial charge in [-0.15, -0.1) is 6.58 Å². The number of allylic oxidation sites excluding steroid dienone is 1. The molecule has 0 aromatic heterocycles. The van der Waals surface area contributed by atoms with Crippen LogP contribution in [0.25, 0.3) is 0 Å². The Morgan fingerprint density at radius 2 is 1.71 bits per heavy atom. The van der Waals surface area contributed by atoms with E-state index in [2.05, 4.69) is 6.58 Å². The molecule has 1 heterocycles. The molecule has 1 spiro atoms. The van der Waals surface area contributed by atoms with Crippen LogP contribution in [0.4, 0.5) is 0 Å². The molecule has 0 amide bonds. The van der Waals surface area contributed by atoms with Crippen LogP contribution in [-0.4, -0.2) is 16.7 Å². The minimum absolute atomic E-state index is 0.181. The normalized spacial score (nSPS) is 22.4. The Bertz CT molecular complexity index is 622. The minimum Gasteiger partial charge on any atom is -0.512 e. The molecule has 3 heteroatoms. The summed E-state index contributed by atoms with van der Waals surface area (Å²) in [5, 5.41) is 10.7. The molecule has 0 saturated heterocycles. The molecule has 3 rings (SSSR count). The Hall–Kier alpha value is -2.03. The lowest BCUT2D eigenvalue weighted by Gasteiger charge is -2.39. The van der Waals surface area contributed by atoms with Crippen LogP contribution in [-0.2, 0) is 9.53 Å². The van der Waals surface area contributed by atoms with Crippen LogP contribution in [0.1, 0.15) is 62.8 Å². The van der Waals surface area contributed by atoms with Crippen LogP contribution >= 0.6 is 0 Å². The number of hydrogen-bond acceptors (Lipinski definition) is 3. The molecule has 128 valence electrons. The minimum atomic E-state index is -0.506. The van der Waals surface area contributed by atoms with E-state index in [1.54, 1.807) is 6.08 Å². The molecule has 1 aromatic rings. The van der Waals surface area contributed by atoms with Crippen LogP contribution < -0.4 is 0 Å². The van der Waals surface area contributed by atoms with Crippen molar-refractivity contribution in [1.82, 2.24) is 0 Å². The zero-order chi connectivity index (χ0) is 17.0. The summed E-state index contributed by atoms with van der Waals surface area (Å²) in [6, 6.07) is 9.67. The molecule has 1 aliphatic heterocycles. The number of esters is 1. The molecular weight excluding hydrogens is 300 g/mol. The second-order valence-corrected chi connectivity index (χ2v) is 7.00. The van der Waals surface area contributed by atoms with Crippen molar-refractivity contribution >= 4 is 5.97 Å². The summed E-state index contributed by atoms with van der Waals surface area (Å²) in [6.45, 7) is 3.86. The highest BCUT2D eigenvalue weighted by Gasteiger charge is 2.43. The third-order valence-electron chi connectivity index (χ3n) is 5.30. The van der Waals surface area contributed by atoms with E-state index in [1.807, 2.05) is 30.3 Å². The highest BCUT2D eigenvalue weighted by molar-refractivity contribution is 5.92. The van der Waals surface area contributed by atoms with Crippen LogP contribution in [0.3, 0.4) is 0 Å². The number of carbonyl (C=O) groups excluding carboxylic acids is 1. The predicted octanol–water partition coefficient (Wildman–Crippen LogP) is 5.20. The first kappa shape index (κ1) is 16.8. The molecule has 0 radical (unpaired) electrons. The second-order valence-electron chi connectivity index (χ2n) is 7.00. The molecule has 1 aliphatic carbocycles. The summed E-state index contributed by atoms with van der Waals surface area (Å²) in [5.74, 6) is -0.529. The summed E-state index contributed by atoms with van der Waals surface area (Å²) in [7, 11) is 0. The lowest BCUT2D eigenvalue weighted by Crippen LogP contribution is -2.41. The Kier molecular flexibility index (Phi) is 5.08. The van der Waals surface area contributed by atoms with Crippen LogP contribution in [0.5, 0.6) is 0 Å². The van der Waals surface area contributed by atoms with Crippen molar-refractivity contribution in [2.75, 3.05) is 0 Å². The van der Waals surface area contributed by atoms with E-state index in [1.165, 1.54) is 19.3 Å². The topological polar surface area (TPSA) is 46.5 Å². The molecule has 1 fully saturated rings. The lowest BCUT2D eigenvalue weighted by molar-refractivity contribution is -0.161. The molecule has 24 heavy (non-hydrogen) atoms. The van der Waals surface area contributed by atoms with Gasteiger partial charge in [0.15, 0.2) is 0 Å². The Balaban J connectivity index is 1.90. The van der Waals surface area contributed by atoms with Crippen molar-refractivity contribution in [2.45, 2.75) is 62.9 Å². The summed E-state index contributed by atoms with van der Waals surface area (Å²) in [6.07, 6.45) is 9.55. The van der Waals surface area contributed by atoms with Crippen molar-refractivity contribution in [3.63, 3.8) is 0 Å². The van der Waals surface area contributed by atoms with Gasteiger partial charge < -0.3 is 9.84 Å². The third-order valence-corrected chi connectivity index (χ3v) is 5.30. The standard InChI is InChI=1S/C21H26O3/c1-2-17(16-11-7-6-8-12-16)19-18(22)15-21(24-20(19)23)13-9-4-3-5-10-14-21/h2,6-8,11-12,17,22H,1,3-5,9-10,13-15H2. The van der Waals surface area contributed by atoms with E-state index in [0.717, 1.165) is 31.2 Å². The molecule has 1 atom stereocenters. The number of benzene rings is 1. The van der Waals surface area contributed by atoms with Gasteiger partial charge in [0.05, 0.1) is 5.57 Å².